The molecule has 1 unspecified atom stereocenters. The van der Waals surface area contributed by atoms with Crippen molar-refractivity contribution in [1.29, 1.82) is 0 Å². The van der Waals surface area contributed by atoms with Crippen molar-refractivity contribution in [3.8, 4) is 5.88 Å². The Balaban J connectivity index is 2.44. The van der Waals surface area contributed by atoms with Gasteiger partial charge in [0.25, 0.3) is 11.4 Å². The second-order valence-electron chi connectivity index (χ2n) is 8.10. The summed E-state index contributed by atoms with van der Waals surface area (Å²) in [5.74, 6) is -8.67. The summed E-state index contributed by atoms with van der Waals surface area (Å²) in [6.45, 7) is 0. The van der Waals surface area contributed by atoms with Crippen molar-refractivity contribution in [2.75, 3.05) is 28.2 Å². The van der Waals surface area contributed by atoms with Crippen LogP contribution in [-0.2, 0) is 20.3 Å². The Kier molecular flexibility index (Phi) is 5.54. The van der Waals surface area contributed by atoms with E-state index in [-0.39, 0.29) is 11.4 Å². The van der Waals surface area contributed by atoms with E-state index in [2.05, 4.69) is 0 Å². The van der Waals surface area contributed by atoms with E-state index >= 15 is 8.78 Å². The van der Waals surface area contributed by atoms with Crippen LogP contribution >= 0.6 is 0 Å². The summed E-state index contributed by atoms with van der Waals surface area (Å²) in [4.78, 5) is 27.6. The number of halogens is 5. The van der Waals surface area contributed by atoms with Crippen LogP contribution in [0.4, 0.5) is 22.0 Å². The second-order valence-corrected chi connectivity index (χ2v) is 8.10. The third-order valence-electron chi connectivity index (χ3n) is 5.75. The van der Waals surface area contributed by atoms with E-state index in [1.54, 1.807) is 0 Å². The zero-order chi connectivity index (χ0) is 24.4. The van der Waals surface area contributed by atoms with Gasteiger partial charge in [-0.05, 0) is 45.9 Å². The topological polar surface area (TPSA) is 59.7 Å². The van der Waals surface area contributed by atoms with Crippen LogP contribution in [0.25, 0.3) is 0 Å². The number of aromatic nitrogens is 2. The fourth-order valence-electron chi connectivity index (χ4n) is 4.21. The van der Waals surface area contributed by atoms with Crippen LogP contribution < -0.4 is 16.0 Å². The fourth-order valence-corrected chi connectivity index (χ4v) is 4.21. The van der Waals surface area contributed by atoms with Gasteiger partial charge < -0.3 is 4.74 Å². The van der Waals surface area contributed by atoms with Gasteiger partial charge in [-0.25, -0.2) is 4.79 Å². The zero-order valence-corrected chi connectivity index (χ0v) is 18.3. The number of fused-ring (bicyclic) bond motifs is 1. The SMILES string of the molecule is CN(C)C1(N(C)C)Oc2c(c(=O)n(C)c(=O)n2C)C(c2ccc(C(F)(F)F)cc2)C1(F)F. The van der Waals surface area contributed by atoms with Gasteiger partial charge in [0.05, 0.1) is 17.0 Å². The first-order valence-corrected chi connectivity index (χ1v) is 9.47. The molecule has 176 valence electrons. The Labute approximate surface area is 180 Å². The van der Waals surface area contributed by atoms with Gasteiger partial charge in [-0.15, -0.1) is 0 Å². The Morgan fingerprint density at radius 3 is 1.88 bits per heavy atom. The van der Waals surface area contributed by atoms with Crippen LogP contribution in [0, 0.1) is 0 Å². The molecule has 1 aromatic carbocycles. The standard InChI is InChI=1S/C20H23F5N4O3/c1-26(2)20(27(3)4)18(21,22)14(11-7-9-12(10-8-11)19(23,24)25)13-15(30)28(5)17(31)29(6)16(13)32-20/h7-10,14H,1-6H3. The summed E-state index contributed by atoms with van der Waals surface area (Å²) in [6, 6.07) is 3.19. The highest BCUT2D eigenvalue weighted by Gasteiger charge is 2.69. The monoisotopic (exact) mass is 462 g/mol. The number of ether oxygens (including phenoxy) is 1. The number of rotatable bonds is 3. The van der Waals surface area contributed by atoms with E-state index in [9.17, 15) is 22.8 Å². The normalized spacial score (nSPS) is 19.7. The molecule has 0 amide bonds. The Bertz CT molecular complexity index is 1140. The summed E-state index contributed by atoms with van der Waals surface area (Å²) >= 11 is 0. The first-order valence-electron chi connectivity index (χ1n) is 9.47. The quantitative estimate of drug-likeness (QED) is 0.516. The van der Waals surface area contributed by atoms with Crippen LogP contribution in [0.5, 0.6) is 5.88 Å². The maximum absolute atomic E-state index is 16.3. The molecule has 12 heteroatoms. The summed E-state index contributed by atoms with van der Waals surface area (Å²) in [5, 5.41) is 0. The Hall–Kier alpha value is -2.73. The molecule has 32 heavy (non-hydrogen) atoms. The molecule has 2 heterocycles. The molecular formula is C20H23F5N4O3. The average Bonchev–Trinajstić information content (AvgIpc) is 2.68. The van der Waals surface area contributed by atoms with E-state index in [0.717, 1.165) is 33.5 Å². The van der Waals surface area contributed by atoms with Gasteiger partial charge in [-0.1, -0.05) is 12.1 Å². The maximum atomic E-state index is 16.3. The van der Waals surface area contributed by atoms with E-state index < -0.39 is 46.2 Å². The minimum absolute atomic E-state index is 0.226. The molecule has 0 N–H and O–H groups in total. The molecule has 0 bridgehead atoms. The van der Waals surface area contributed by atoms with Gasteiger partial charge in [-0.2, -0.15) is 22.0 Å². The van der Waals surface area contributed by atoms with Crippen molar-refractivity contribution >= 4 is 0 Å². The highest BCUT2D eigenvalue weighted by molar-refractivity contribution is 5.44. The van der Waals surface area contributed by atoms with Crippen LogP contribution in [0.2, 0.25) is 0 Å². The Morgan fingerprint density at radius 2 is 1.44 bits per heavy atom. The molecule has 0 saturated carbocycles. The molecule has 0 aliphatic carbocycles. The van der Waals surface area contributed by atoms with Gasteiger partial charge >= 0.3 is 17.8 Å². The second kappa shape index (κ2) is 7.41. The smallest absolute Gasteiger partial charge is 0.416 e. The van der Waals surface area contributed by atoms with Crippen molar-refractivity contribution < 1.29 is 26.7 Å². The van der Waals surface area contributed by atoms with Gasteiger partial charge in [0.15, 0.2) is 0 Å². The van der Waals surface area contributed by atoms with Gasteiger partial charge in [0.2, 0.25) is 5.88 Å². The molecule has 0 radical (unpaired) electrons. The summed E-state index contributed by atoms with van der Waals surface area (Å²) in [5.41, 5.74) is -3.57. The van der Waals surface area contributed by atoms with E-state index in [1.165, 1.54) is 35.2 Å². The molecule has 0 fully saturated rings. The van der Waals surface area contributed by atoms with Crippen LogP contribution in [0.1, 0.15) is 22.6 Å². The molecule has 7 nitrogen and oxygen atoms in total. The lowest BCUT2D eigenvalue weighted by molar-refractivity contribution is -0.307. The molecule has 1 aliphatic rings. The molecule has 2 aromatic rings. The summed E-state index contributed by atoms with van der Waals surface area (Å²) in [6.07, 6.45) is -4.66. The number of hydrogen-bond donors (Lipinski definition) is 0. The van der Waals surface area contributed by atoms with Crippen molar-refractivity contribution in [2.45, 2.75) is 23.9 Å². The van der Waals surface area contributed by atoms with E-state index in [4.69, 9.17) is 4.74 Å². The van der Waals surface area contributed by atoms with Gasteiger partial charge in [0, 0.05) is 14.1 Å². The van der Waals surface area contributed by atoms with E-state index in [0.29, 0.717) is 16.7 Å². The molecule has 3 rings (SSSR count). The lowest BCUT2D eigenvalue weighted by Gasteiger charge is -2.53. The fraction of sp³-hybridized carbons (Fsp3) is 0.500. The minimum atomic E-state index is -4.66. The minimum Gasteiger partial charge on any atom is -0.436 e. The largest absolute Gasteiger partial charge is 0.436 e. The van der Waals surface area contributed by atoms with Gasteiger partial charge in [-0.3, -0.25) is 23.7 Å². The number of benzene rings is 1. The van der Waals surface area contributed by atoms with Crippen molar-refractivity contribution in [2.24, 2.45) is 14.1 Å². The highest BCUT2D eigenvalue weighted by Crippen LogP contribution is 2.53. The van der Waals surface area contributed by atoms with E-state index in [1.807, 2.05) is 0 Å². The lowest BCUT2D eigenvalue weighted by Crippen LogP contribution is -2.74. The van der Waals surface area contributed by atoms with Crippen molar-refractivity contribution in [1.82, 2.24) is 18.9 Å². The predicted octanol–water partition coefficient (Wildman–Crippen LogP) is 2.04. The number of hydrogen-bond acceptors (Lipinski definition) is 5. The highest BCUT2D eigenvalue weighted by atomic mass is 19.4. The summed E-state index contributed by atoms with van der Waals surface area (Å²) < 4.78 is 78.9. The Morgan fingerprint density at radius 1 is 0.938 bits per heavy atom. The molecular weight excluding hydrogens is 439 g/mol. The lowest BCUT2D eigenvalue weighted by atomic mass is 9.81. The third kappa shape index (κ3) is 3.15. The predicted molar refractivity (Wildman–Crippen MR) is 106 cm³/mol. The average molecular weight is 462 g/mol. The third-order valence-corrected chi connectivity index (χ3v) is 5.75. The maximum Gasteiger partial charge on any atom is 0.416 e. The first kappa shape index (κ1) is 23.9. The van der Waals surface area contributed by atoms with Gasteiger partial charge in [0.1, 0.15) is 0 Å². The summed E-state index contributed by atoms with van der Waals surface area (Å²) in [7, 11) is 7.74. The molecule has 1 aliphatic heterocycles. The molecule has 0 saturated heterocycles. The van der Waals surface area contributed by atoms with Crippen LogP contribution in [-0.4, -0.2) is 58.9 Å². The van der Waals surface area contributed by atoms with Crippen LogP contribution in [0.3, 0.4) is 0 Å². The zero-order valence-electron chi connectivity index (χ0n) is 18.3. The number of nitrogens with zero attached hydrogens (tertiary/aromatic N) is 4. The number of alkyl halides is 5. The van der Waals surface area contributed by atoms with Crippen molar-refractivity contribution in [3.63, 3.8) is 0 Å². The first-order chi connectivity index (χ1) is 14.6. The van der Waals surface area contributed by atoms with Crippen LogP contribution in [0.15, 0.2) is 33.9 Å². The van der Waals surface area contributed by atoms with Crippen molar-refractivity contribution in [3.05, 3.63) is 61.8 Å². The molecule has 1 aromatic heterocycles. The molecule has 0 spiro atoms. The molecule has 1 atom stereocenters.